The molecule has 0 spiro atoms. The van der Waals surface area contributed by atoms with E-state index in [-0.39, 0.29) is 6.79 Å². The Morgan fingerprint density at radius 1 is 0.667 bits per heavy atom. The molecule has 0 saturated carbocycles. The number of benzene rings is 4. The maximum absolute atomic E-state index is 11.1. The third-order valence-electron chi connectivity index (χ3n) is 5.69. The summed E-state index contributed by atoms with van der Waals surface area (Å²) in [6.45, 7) is 0.200. The van der Waals surface area contributed by atoms with Crippen molar-refractivity contribution in [3.8, 4) is 11.5 Å². The van der Waals surface area contributed by atoms with Crippen LogP contribution < -0.4 is 9.47 Å². The van der Waals surface area contributed by atoms with E-state index in [0.717, 1.165) is 38.2 Å². The van der Waals surface area contributed by atoms with E-state index in [1.807, 2.05) is 60.7 Å². The second kappa shape index (κ2) is 5.22. The predicted octanol–water partition coefficient (Wildman–Crippen LogP) is 4.20. The highest BCUT2D eigenvalue weighted by atomic mass is 16.7. The minimum absolute atomic E-state index is 0.200. The molecule has 2 N–H and O–H groups in total. The van der Waals surface area contributed by atoms with Crippen LogP contribution in [0.3, 0.4) is 0 Å². The standard InChI is InChI=1S/C23H16O4/c24-21-16-7-12-3-1-2-4-13(12)8-17(16)22(25)19-10-15-14(9-18(19)21)5-6-20-23(15)27-11-26-20/h1-10,21-22,24-25H,11H2. The molecule has 4 nitrogen and oxygen atoms in total. The van der Waals surface area contributed by atoms with Crippen LogP contribution in [0, 0.1) is 0 Å². The first-order valence-electron chi connectivity index (χ1n) is 8.95. The first kappa shape index (κ1) is 15.0. The SMILES string of the molecule is OC1c2cc3ccccc3cc2C(O)c2cc3c4c(ccc3cc21)OCO4. The maximum Gasteiger partial charge on any atom is 0.231 e. The van der Waals surface area contributed by atoms with Crippen LogP contribution in [0.15, 0.2) is 60.7 Å². The smallest absolute Gasteiger partial charge is 0.231 e. The Kier molecular flexibility index (Phi) is 2.91. The van der Waals surface area contributed by atoms with Crippen molar-refractivity contribution in [3.05, 3.63) is 82.9 Å². The highest BCUT2D eigenvalue weighted by Gasteiger charge is 2.32. The molecule has 0 aromatic heterocycles. The summed E-state index contributed by atoms with van der Waals surface area (Å²) in [5.41, 5.74) is 2.95. The Bertz CT molecular complexity index is 1240. The van der Waals surface area contributed by atoms with Crippen molar-refractivity contribution in [1.29, 1.82) is 0 Å². The monoisotopic (exact) mass is 356 g/mol. The lowest BCUT2D eigenvalue weighted by molar-refractivity contribution is 0.173. The summed E-state index contributed by atoms with van der Waals surface area (Å²) in [5, 5.41) is 26.1. The van der Waals surface area contributed by atoms with E-state index < -0.39 is 12.2 Å². The van der Waals surface area contributed by atoms with Gasteiger partial charge in [0.05, 0.1) is 0 Å². The number of hydrogen-bond acceptors (Lipinski definition) is 4. The fourth-order valence-corrected chi connectivity index (χ4v) is 4.33. The maximum atomic E-state index is 11.1. The molecule has 132 valence electrons. The van der Waals surface area contributed by atoms with E-state index in [0.29, 0.717) is 17.1 Å². The predicted molar refractivity (Wildman–Crippen MR) is 102 cm³/mol. The van der Waals surface area contributed by atoms with Crippen molar-refractivity contribution < 1.29 is 19.7 Å². The molecule has 0 fully saturated rings. The number of hydrogen-bond donors (Lipinski definition) is 2. The number of ether oxygens (including phenoxy) is 2. The van der Waals surface area contributed by atoms with Crippen LogP contribution in [0.25, 0.3) is 21.5 Å². The summed E-state index contributed by atoms with van der Waals surface area (Å²) >= 11 is 0. The summed E-state index contributed by atoms with van der Waals surface area (Å²) < 4.78 is 11.1. The van der Waals surface area contributed by atoms with Crippen molar-refractivity contribution >= 4 is 21.5 Å². The summed E-state index contributed by atoms with van der Waals surface area (Å²) in [4.78, 5) is 0. The summed E-state index contributed by atoms with van der Waals surface area (Å²) in [6.07, 6.45) is -1.58. The molecule has 1 aliphatic heterocycles. The normalized spacial score (nSPS) is 19.9. The summed E-state index contributed by atoms with van der Waals surface area (Å²) in [6, 6.07) is 19.6. The van der Waals surface area contributed by atoms with Gasteiger partial charge in [-0.1, -0.05) is 30.3 Å². The Morgan fingerprint density at radius 3 is 1.93 bits per heavy atom. The van der Waals surface area contributed by atoms with E-state index in [1.54, 1.807) is 0 Å². The van der Waals surface area contributed by atoms with Crippen molar-refractivity contribution in [2.45, 2.75) is 12.2 Å². The van der Waals surface area contributed by atoms with Gasteiger partial charge in [-0.3, -0.25) is 0 Å². The van der Waals surface area contributed by atoms with Crippen molar-refractivity contribution in [2.24, 2.45) is 0 Å². The lowest BCUT2D eigenvalue weighted by atomic mass is 9.79. The Labute approximate surface area is 155 Å². The molecular weight excluding hydrogens is 340 g/mol. The zero-order chi connectivity index (χ0) is 18.1. The molecule has 0 amide bonds. The van der Waals surface area contributed by atoms with Gasteiger partial charge in [-0.25, -0.2) is 0 Å². The molecule has 2 unspecified atom stereocenters. The fraction of sp³-hybridized carbons (Fsp3) is 0.130. The zero-order valence-electron chi connectivity index (χ0n) is 14.3. The van der Waals surface area contributed by atoms with Crippen LogP contribution in [0.5, 0.6) is 11.5 Å². The molecule has 1 heterocycles. The molecule has 6 rings (SSSR count). The van der Waals surface area contributed by atoms with Gasteiger partial charge in [-0.05, 0) is 68.7 Å². The van der Waals surface area contributed by atoms with Gasteiger partial charge in [-0.2, -0.15) is 0 Å². The molecule has 27 heavy (non-hydrogen) atoms. The van der Waals surface area contributed by atoms with Crippen molar-refractivity contribution in [2.75, 3.05) is 6.79 Å². The molecular formula is C23H16O4. The Hall–Kier alpha value is -3.08. The Balaban J connectivity index is 1.63. The molecule has 4 aromatic carbocycles. The molecule has 4 heteroatoms. The van der Waals surface area contributed by atoms with Crippen LogP contribution in [0.4, 0.5) is 0 Å². The molecule has 0 saturated heterocycles. The van der Waals surface area contributed by atoms with Gasteiger partial charge in [0.25, 0.3) is 0 Å². The highest BCUT2D eigenvalue weighted by molar-refractivity contribution is 5.93. The van der Waals surface area contributed by atoms with Crippen LogP contribution in [0.1, 0.15) is 34.5 Å². The van der Waals surface area contributed by atoms with Gasteiger partial charge < -0.3 is 19.7 Å². The summed E-state index contributed by atoms with van der Waals surface area (Å²) in [5.74, 6) is 1.40. The van der Waals surface area contributed by atoms with Crippen molar-refractivity contribution in [3.63, 3.8) is 0 Å². The van der Waals surface area contributed by atoms with Crippen LogP contribution >= 0.6 is 0 Å². The minimum Gasteiger partial charge on any atom is -0.454 e. The number of aliphatic hydroxyl groups excluding tert-OH is 2. The van der Waals surface area contributed by atoms with Gasteiger partial charge in [0.1, 0.15) is 12.2 Å². The lowest BCUT2D eigenvalue weighted by Gasteiger charge is -2.30. The second-order valence-corrected chi connectivity index (χ2v) is 7.13. The summed E-state index contributed by atoms with van der Waals surface area (Å²) in [7, 11) is 0. The van der Waals surface area contributed by atoms with Gasteiger partial charge >= 0.3 is 0 Å². The quantitative estimate of drug-likeness (QED) is 0.496. The van der Waals surface area contributed by atoms with E-state index in [1.165, 1.54) is 0 Å². The number of fused-ring (bicyclic) bond motifs is 6. The third kappa shape index (κ3) is 1.99. The molecule has 2 aliphatic rings. The van der Waals surface area contributed by atoms with Gasteiger partial charge in [0.2, 0.25) is 6.79 Å². The third-order valence-corrected chi connectivity index (χ3v) is 5.69. The second-order valence-electron chi connectivity index (χ2n) is 7.13. The van der Waals surface area contributed by atoms with E-state index in [4.69, 9.17) is 9.47 Å². The van der Waals surface area contributed by atoms with Gasteiger partial charge in [-0.15, -0.1) is 0 Å². The van der Waals surface area contributed by atoms with E-state index in [2.05, 4.69) is 0 Å². The lowest BCUT2D eigenvalue weighted by Crippen LogP contribution is -2.18. The first-order valence-corrected chi connectivity index (χ1v) is 8.95. The highest BCUT2D eigenvalue weighted by Crippen LogP contribution is 2.47. The zero-order valence-corrected chi connectivity index (χ0v) is 14.3. The molecule has 0 radical (unpaired) electrons. The Morgan fingerprint density at radius 2 is 1.26 bits per heavy atom. The van der Waals surface area contributed by atoms with E-state index in [9.17, 15) is 10.2 Å². The molecule has 2 atom stereocenters. The molecule has 0 bridgehead atoms. The van der Waals surface area contributed by atoms with Gasteiger partial charge in [0, 0.05) is 5.39 Å². The van der Waals surface area contributed by atoms with E-state index >= 15 is 0 Å². The van der Waals surface area contributed by atoms with Gasteiger partial charge in [0.15, 0.2) is 11.5 Å². The molecule has 1 aliphatic carbocycles. The fourth-order valence-electron chi connectivity index (χ4n) is 4.33. The topological polar surface area (TPSA) is 58.9 Å². The van der Waals surface area contributed by atoms with Crippen LogP contribution in [-0.2, 0) is 0 Å². The van der Waals surface area contributed by atoms with Crippen LogP contribution in [-0.4, -0.2) is 17.0 Å². The number of rotatable bonds is 0. The first-order chi connectivity index (χ1) is 13.2. The van der Waals surface area contributed by atoms with Crippen LogP contribution in [0.2, 0.25) is 0 Å². The minimum atomic E-state index is -0.800. The average Bonchev–Trinajstić information content (AvgIpc) is 3.19. The largest absolute Gasteiger partial charge is 0.454 e. The number of aliphatic hydroxyl groups is 2. The van der Waals surface area contributed by atoms with Crippen molar-refractivity contribution in [1.82, 2.24) is 0 Å². The average molecular weight is 356 g/mol. The molecule has 4 aromatic rings.